The summed E-state index contributed by atoms with van der Waals surface area (Å²) in [5.41, 5.74) is 0. The summed E-state index contributed by atoms with van der Waals surface area (Å²) in [5, 5.41) is 8.95. The van der Waals surface area contributed by atoms with Crippen molar-refractivity contribution in [2.24, 2.45) is 5.92 Å². The van der Waals surface area contributed by atoms with Crippen LogP contribution in [-0.4, -0.2) is 60.0 Å². The summed E-state index contributed by atoms with van der Waals surface area (Å²) in [7, 11) is 3.50. The Morgan fingerprint density at radius 2 is 2.06 bits per heavy atom. The molecule has 0 spiro atoms. The standard InChI is InChI=1S/C12H22N2O3/c1-9-8-10(12(16)17)4-6-14(9)7-5-11(15)13(2)3/h9-10H,4-8H2,1-3H3,(H,16,17). The van der Waals surface area contributed by atoms with E-state index in [1.54, 1.807) is 19.0 Å². The summed E-state index contributed by atoms with van der Waals surface area (Å²) in [6.45, 7) is 3.54. The average Bonchev–Trinajstić information content (AvgIpc) is 2.26. The van der Waals surface area contributed by atoms with Crippen LogP contribution in [0.2, 0.25) is 0 Å². The number of hydrogen-bond donors (Lipinski definition) is 1. The highest BCUT2D eigenvalue weighted by molar-refractivity contribution is 5.75. The molecular formula is C12H22N2O3. The number of carboxylic acids is 1. The van der Waals surface area contributed by atoms with Gasteiger partial charge in [0.2, 0.25) is 5.91 Å². The van der Waals surface area contributed by atoms with Crippen LogP contribution in [0, 0.1) is 5.92 Å². The highest BCUT2D eigenvalue weighted by Gasteiger charge is 2.29. The van der Waals surface area contributed by atoms with E-state index in [0.717, 1.165) is 13.1 Å². The minimum atomic E-state index is -0.694. The fourth-order valence-corrected chi connectivity index (χ4v) is 2.24. The molecule has 0 aromatic carbocycles. The third kappa shape index (κ3) is 4.00. The molecule has 1 amide bonds. The molecular weight excluding hydrogens is 220 g/mol. The molecule has 0 bridgehead atoms. The first-order valence-electron chi connectivity index (χ1n) is 6.08. The van der Waals surface area contributed by atoms with Gasteiger partial charge in [-0.3, -0.25) is 9.59 Å². The first-order chi connectivity index (χ1) is 7.91. The van der Waals surface area contributed by atoms with Crippen molar-refractivity contribution in [2.45, 2.75) is 32.2 Å². The number of hydrogen-bond acceptors (Lipinski definition) is 3. The van der Waals surface area contributed by atoms with Gasteiger partial charge in [-0.05, 0) is 26.3 Å². The minimum absolute atomic E-state index is 0.123. The van der Waals surface area contributed by atoms with Crippen LogP contribution >= 0.6 is 0 Å². The average molecular weight is 242 g/mol. The first-order valence-corrected chi connectivity index (χ1v) is 6.08. The highest BCUT2D eigenvalue weighted by atomic mass is 16.4. The predicted octanol–water partition coefficient (Wildman–Crippen LogP) is 0.650. The van der Waals surface area contributed by atoms with E-state index in [-0.39, 0.29) is 17.9 Å². The van der Waals surface area contributed by atoms with E-state index in [2.05, 4.69) is 4.90 Å². The lowest BCUT2D eigenvalue weighted by Gasteiger charge is -2.36. The third-order valence-electron chi connectivity index (χ3n) is 3.47. The second-order valence-electron chi connectivity index (χ2n) is 4.98. The van der Waals surface area contributed by atoms with E-state index in [0.29, 0.717) is 19.3 Å². The van der Waals surface area contributed by atoms with Gasteiger partial charge in [-0.2, -0.15) is 0 Å². The molecule has 17 heavy (non-hydrogen) atoms. The molecule has 1 aliphatic rings. The normalized spacial score (nSPS) is 25.6. The smallest absolute Gasteiger partial charge is 0.306 e. The van der Waals surface area contributed by atoms with Crippen molar-refractivity contribution in [3.05, 3.63) is 0 Å². The van der Waals surface area contributed by atoms with Gasteiger partial charge >= 0.3 is 5.97 Å². The van der Waals surface area contributed by atoms with E-state index >= 15 is 0 Å². The summed E-state index contributed by atoms with van der Waals surface area (Å²) < 4.78 is 0. The van der Waals surface area contributed by atoms with Gasteiger partial charge in [0.05, 0.1) is 5.92 Å². The number of carbonyl (C=O) groups is 2. The number of carbonyl (C=O) groups excluding carboxylic acids is 1. The zero-order valence-electron chi connectivity index (χ0n) is 10.8. The van der Waals surface area contributed by atoms with Crippen LogP contribution in [0.1, 0.15) is 26.2 Å². The van der Waals surface area contributed by atoms with E-state index < -0.39 is 5.97 Å². The molecule has 1 heterocycles. The van der Waals surface area contributed by atoms with Gasteiger partial charge in [-0.25, -0.2) is 0 Å². The van der Waals surface area contributed by atoms with Crippen LogP contribution in [0.5, 0.6) is 0 Å². The third-order valence-corrected chi connectivity index (χ3v) is 3.47. The molecule has 1 fully saturated rings. The topological polar surface area (TPSA) is 60.9 Å². The maximum absolute atomic E-state index is 11.5. The quantitative estimate of drug-likeness (QED) is 0.786. The van der Waals surface area contributed by atoms with Crippen molar-refractivity contribution in [1.82, 2.24) is 9.80 Å². The number of likely N-dealkylation sites (tertiary alicyclic amines) is 1. The van der Waals surface area contributed by atoms with Crippen LogP contribution < -0.4 is 0 Å². The molecule has 1 saturated heterocycles. The Kier molecular flexibility index (Phi) is 4.93. The van der Waals surface area contributed by atoms with Crippen molar-refractivity contribution in [2.75, 3.05) is 27.2 Å². The van der Waals surface area contributed by atoms with E-state index in [4.69, 9.17) is 5.11 Å². The first kappa shape index (κ1) is 14.0. The van der Waals surface area contributed by atoms with Gasteiger partial charge < -0.3 is 14.9 Å². The number of nitrogens with zero attached hydrogens (tertiary/aromatic N) is 2. The number of piperidine rings is 1. The Morgan fingerprint density at radius 1 is 1.41 bits per heavy atom. The van der Waals surface area contributed by atoms with Gasteiger partial charge in [0, 0.05) is 33.1 Å². The molecule has 0 radical (unpaired) electrons. The van der Waals surface area contributed by atoms with Crippen LogP contribution in [-0.2, 0) is 9.59 Å². The zero-order valence-corrected chi connectivity index (χ0v) is 10.8. The minimum Gasteiger partial charge on any atom is -0.481 e. The molecule has 5 nitrogen and oxygen atoms in total. The number of carboxylic acid groups (broad SMARTS) is 1. The molecule has 1 N–H and O–H groups in total. The summed E-state index contributed by atoms with van der Waals surface area (Å²) in [4.78, 5) is 26.2. The Balaban J connectivity index is 2.37. The maximum Gasteiger partial charge on any atom is 0.306 e. The lowest BCUT2D eigenvalue weighted by Crippen LogP contribution is -2.44. The summed E-state index contributed by atoms with van der Waals surface area (Å²) in [5.74, 6) is -0.788. The molecule has 2 atom stereocenters. The SMILES string of the molecule is CC1CC(C(=O)O)CCN1CCC(=O)N(C)C. The molecule has 0 aromatic rings. The van der Waals surface area contributed by atoms with Gasteiger partial charge in [0.25, 0.3) is 0 Å². The molecule has 5 heteroatoms. The van der Waals surface area contributed by atoms with Crippen LogP contribution in [0.3, 0.4) is 0 Å². The summed E-state index contributed by atoms with van der Waals surface area (Å²) in [6, 6.07) is 0.250. The molecule has 1 rings (SSSR count). The Bertz CT molecular complexity index is 291. The van der Waals surface area contributed by atoms with Crippen molar-refractivity contribution in [3.63, 3.8) is 0 Å². The van der Waals surface area contributed by atoms with Gasteiger partial charge in [0.15, 0.2) is 0 Å². The molecule has 0 aromatic heterocycles. The molecule has 1 aliphatic heterocycles. The van der Waals surface area contributed by atoms with Gasteiger partial charge in [-0.15, -0.1) is 0 Å². The lowest BCUT2D eigenvalue weighted by molar-refractivity contribution is -0.144. The van der Waals surface area contributed by atoms with Gasteiger partial charge in [0.1, 0.15) is 0 Å². The van der Waals surface area contributed by atoms with Gasteiger partial charge in [-0.1, -0.05) is 0 Å². The molecule has 0 saturated carbocycles. The fraction of sp³-hybridized carbons (Fsp3) is 0.833. The van der Waals surface area contributed by atoms with E-state index in [1.807, 2.05) is 6.92 Å². The Labute approximate surface area is 102 Å². The Morgan fingerprint density at radius 3 is 2.53 bits per heavy atom. The van der Waals surface area contributed by atoms with Crippen LogP contribution in [0.4, 0.5) is 0 Å². The predicted molar refractivity (Wildman–Crippen MR) is 64.7 cm³/mol. The Hall–Kier alpha value is -1.10. The molecule has 0 aliphatic carbocycles. The zero-order chi connectivity index (χ0) is 13.0. The lowest BCUT2D eigenvalue weighted by atomic mass is 9.91. The number of rotatable bonds is 4. The highest BCUT2D eigenvalue weighted by Crippen LogP contribution is 2.22. The van der Waals surface area contributed by atoms with Crippen molar-refractivity contribution in [1.29, 1.82) is 0 Å². The number of aliphatic carboxylic acids is 1. The largest absolute Gasteiger partial charge is 0.481 e. The van der Waals surface area contributed by atoms with Crippen LogP contribution in [0.15, 0.2) is 0 Å². The molecule has 2 unspecified atom stereocenters. The summed E-state index contributed by atoms with van der Waals surface area (Å²) in [6.07, 6.45) is 1.89. The fourth-order valence-electron chi connectivity index (χ4n) is 2.24. The van der Waals surface area contributed by atoms with Crippen molar-refractivity contribution in [3.8, 4) is 0 Å². The second kappa shape index (κ2) is 6.00. The van der Waals surface area contributed by atoms with E-state index in [1.165, 1.54) is 0 Å². The van der Waals surface area contributed by atoms with E-state index in [9.17, 15) is 9.59 Å². The maximum atomic E-state index is 11.5. The summed E-state index contributed by atoms with van der Waals surface area (Å²) >= 11 is 0. The number of amides is 1. The van der Waals surface area contributed by atoms with Crippen molar-refractivity contribution < 1.29 is 14.7 Å². The van der Waals surface area contributed by atoms with Crippen LogP contribution in [0.25, 0.3) is 0 Å². The second-order valence-corrected chi connectivity index (χ2v) is 4.98. The molecule has 98 valence electrons. The van der Waals surface area contributed by atoms with Crippen molar-refractivity contribution >= 4 is 11.9 Å². The monoisotopic (exact) mass is 242 g/mol.